The van der Waals surface area contributed by atoms with Gasteiger partial charge in [-0.25, -0.2) is 0 Å². The number of carbonyl (C=O) groups is 1. The smallest absolute Gasteiger partial charge is 0.194 e. The number of ketones is 1. The van der Waals surface area contributed by atoms with E-state index in [4.69, 9.17) is 11.6 Å². The molecule has 1 nitrogen and oxygen atoms in total. The first-order chi connectivity index (χ1) is 8.08. The zero-order chi connectivity index (χ0) is 12.4. The molecule has 0 radical (unpaired) electrons. The summed E-state index contributed by atoms with van der Waals surface area (Å²) < 4.78 is 1.82. The molecule has 4 heteroatoms. The van der Waals surface area contributed by atoms with Crippen LogP contribution >= 0.6 is 50.1 Å². The van der Waals surface area contributed by atoms with E-state index in [0.29, 0.717) is 16.1 Å². The van der Waals surface area contributed by atoms with Crippen molar-refractivity contribution >= 4 is 55.9 Å². The van der Waals surface area contributed by atoms with Gasteiger partial charge in [-0.05, 0) is 52.9 Å². The second-order valence-corrected chi connectivity index (χ2v) is 6.00. The Hall–Kier alpha value is -0.390. The summed E-state index contributed by atoms with van der Waals surface area (Å²) in [6, 6.07) is 12.6. The molecule has 2 rings (SSSR count). The van der Waals surface area contributed by atoms with Gasteiger partial charge in [0.2, 0.25) is 0 Å². The van der Waals surface area contributed by atoms with Crippen LogP contribution in [0.4, 0.5) is 0 Å². The molecule has 2 aromatic carbocycles. The molecule has 0 aromatic heterocycles. The third kappa shape index (κ3) is 3.09. The number of halogens is 3. The van der Waals surface area contributed by atoms with Crippen LogP contribution in [0, 0.1) is 3.57 Å². The van der Waals surface area contributed by atoms with Crippen LogP contribution in [0.15, 0.2) is 46.9 Å². The molecular formula is C13H7BrClIO. The quantitative estimate of drug-likeness (QED) is 0.496. The van der Waals surface area contributed by atoms with Gasteiger partial charge in [-0.1, -0.05) is 39.7 Å². The largest absolute Gasteiger partial charge is 0.289 e. The van der Waals surface area contributed by atoms with E-state index in [0.717, 1.165) is 8.04 Å². The SMILES string of the molecule is O=C(c1cccc(Cl)c1)c1cc(I)ccc1Br. The van der Waals surface area contributed by atoms with Crippen molar-refractivity contribution in [3.8, 4) is 0 Å². The highest BCUT2D eigenvalue weighted by molar-refractivity contribution is 14.1. The van der Waals surface area contributed by atoms with Gasteiger partial charge < -0.3 is 0 Å². The molecular weight excluding hydrogens is 414 g/mol. The summed E-state index contributed by atoms with van der Waals surface area (Å²) in [7, 11) is 0. The number of carbonyl (C=O) groups excluding carboxylic acids is 1. The van der Waals surface area contributed by atoms with E-state index >= 15 is 0 Å². The molecule has 0 spiro atoms. The molecule has 0 amide bonds. The van der Waals surface area contributed by atoms with Crippen LogP contribution in [0.3, 0.4) is 0 Å². The van der Waals surface area contributed by atoms with Crippen LogP contribution < -0.4 is 0 Å². The molecule has 17 heavy (non-hydrogen) atoms. The van der Waals surface area contributed by atoms with Gasteiger partial charge in [0.05, 0.1) is 0 Å². The Kier molecular flexibility index (Phi) is 4.22. The number of hydrogen-bond donors (Lipinski definition) is 0. The summed E-state index contributed by atoms with van der Waals surface area (Å²) in [5, 5.41) is 0.567. The van der Waals surface area contributed by atoms with E-state index in [-0.39, 0.29) is 5.78 Å². The van der Waals surface area contributed by atoms with Gasteiger partial charge in [0, 0.05) is 24.2 Å². The second kappa shape index (κ2) is 5.50. The number of rotatable bonds is 2. The molecule has 0 heterocycles. The van der Waals surface area contributed by atoms with Crippen molar-refractivity contribution in [1.82, 2.24) is 0 Å². The van der Waals surface area contributed by atoms with Gasteiger partial charge >= 0.3 is 0 Å². The molecule has 0 fully saturated rings. The van der Waals surface area contributed by atoms with Crippen LogP contribution in [0.5, 0.6) is 0 Å². The lowest BCUT2D eigenvalue weighted by Gasteiger charge is -2.05. The Labute approximate surface area is 126 Å². The highest BCUT2D eigenvalue weighted by Crippen LogP contribution is 2.23. The molecule has 0 aliphatic carbocycles. The summed E-state index contributed by atoms with van der Waals surface area (Å²) in [4.78, 5) is 12.3. The number of hydrogen-bond acceptors (Lipinski definition) is 1. The fourth-order valence-corrected chi connectivity index (χ4v) is 2.56. The van der Waals surface area contributed by atoms with Crippen LogP contribution in [-0.2, 0) is 0 Å². The third-order valence-electron chi connectivity index (χ3n) is 2.26. The van der Waals surface area contributed by atoms with Crippen molar-refractivity contribution in [2.24, 2.45) is 0 Å². The van der Waals surface area contributed by atoms with Gasteiger partial charge in [-0.2, -0.15) is 0 Å². The molecule has 0 atom stereocenters. The average molecular weight is 421 g/mol. The predicted molar refractivity (Wildman–Crippen MR) is 81.7 cm³/mol. The Morgan fingerprint density at radius 3 is 2.65 bits per heavy atom. The Bertz CT molecular complexity index is 583. The topological polar surface area (TPSA) is 17.1 Å². The van der Waals surface area contributed by atoms with E-state index in [1.54, 1.807) is 24.3 Å². The third-order valence-corrected chi connectivity index (χ3v) is 3.86. The number of benzene rings is 2. The molecule has 2 aromatic rings. The monoisotopic (exact) mass is 420 g/mol. The standard InChI is InChI=1S/C13H7BrClIO/c14-12-5-4-10(16)7-11(12)13(17)8-2-1-3-9(15)6-8/h1-7H. The van der Waals surface area contributed by atoms with Gasteiger partial charge in [-0.3, -0.25) is 4.79 Å². The minimum Gasteiger partial charge on any atom is -0.289 e. The summed E-state index contributed by atoms with van der Waals surface area (Å²) >= 11 is 11.5. The van der Waals surface area contributed by atoms with E-state index in [9.17, 15) is 4.79 Å². The van der Waals surface area contributed by atoms with Crippen molar-refractivity contribution in [3.05, 3.63) is 66.7 Å². The molecule has 0 aliphatic rings. The summed E-state index contributed by atoms with van der Waals surface area (Å²) in [5.41, 5.74) is 1.25. The van der Waals surface area contributed by atoms with Gasteiger partial charge in [0.15, 0.2) is 5.78 Å². The molecule has 0 saturated heterocycles. The Morgan fingerprint density at radius 1 is 1.18 bits per heavy atom. The van der Waals surface area contributed by atoms with E-state index in [2.05, 4.69) is 38.5 Å². The maximum Gasteiger partial charge on any atom is 0.194 e. The first-order valence-electron chi connectivity index (χ1n) is 4.83. The normalized spacial score (nSPS) is 10.3. The summed E-state index contributed by atoms with van der Waals surface area (Å²) in [6.45, 7) is 0. The highest BCUT2D eigenvalue weighted by Gasteiger charge is 2.13. The van der Waals surface area contributed by atoms with Gasteiger partial charge in [0.1, 0.15) is 0 Å². The maximum atomic E-state index is 12.3. The first-order valence-corrected chi connectivity index (χ1v) is 7.08. The minimum atomic E-state index is -0.0297. The van der Waals surface area contributed by atoms with E-state index < -0.39 is 0 Å². The Morgan fingerprint density at radius 2 is 1.94 bits per heavy atom. The van der Waals surface area contributed by atoms with Crippen molar-refractivity contribution in [1.29, 1.82) is 0 Å². The van der Waals surface area contributed by atoms with Gasteiger partial charge in [0.25, 0.3) is 0 Å². The fourth-order valence-electron chi connectivity index (χ4n) is 1.46. The lowest BCUT2D eigenvalue weighted by Crippen LogP contribution is -2.02. The van der Waals surface area contributed by atoms with Crippen molar-refractivity contribution in [2.75, 3.05) is 0 Å². The van der Waals surface area contributed by atoms with Crippen LogP contribution in [0.1, 0.15) is 15.9 Å². The van der Waals surface area contributed by atoms with Crippen LogP contribution in [-0.4, -0.2) is 5.78 Å². The molecule has 86 valence electrons. The van der Waals surface area contributed by atoms with E-state index in [1.807, 2.05) is 18.2 Å². The molecule has 0 aliphatic heterocycles. The predicted octanol–water partition coefficient (Wildman–Crippen LogP) is 4.94. The Balaban J connectivity index is 2.47. The second-order valence-electron chi connectivity index (χ2n) is 3.46. The van der Waals surface area contributed by atoms with Crippen molar-refractivity contribution in [3.63, 3.8) is 0 Å². The van der Waals surface area contributed by atoms with Crippen LogP contribution in [0.2, 0.25) is 5.02 Å². The minimum absolute atomic E-state index is 0.0297. The summed E-state index contributed by atoms with van der Waals surface area (Å²) in [6.07, 6.45) is 0. The van der Waals surface area contributed by atoms with E-state index in [1.165, 1.54) is 0 Å². The summed E-state index contributed by atoms with van der Waals surface area (Å²) in [5.74, 6) is -0.0297. The molecule has 0 bridgehead atoms. The van der Waals surface area contributed by atoms with Crippen molar-refractivity contribution in [2.45, 2.75) is 0 Å². The van der Waals surface area contributed by atoms with Gasteiger partial charge in [-0.15, -0.1) is 0 Å². The average Bonchev–Trinajstić information content (AvgIpc) is 2.31. The molecule has 0 N–H and O–H groups in total. The molecule has 0 unspecified atom stereocenters. The lowest BCUT2D eigenvalue weighted by molar-refractivity contribution is 0.103. The highest BCUT2D eigenvalue weighted by atomic mass is 127. The first kappa shape index (κ1) is 13.1. The zero-order valence-corrected chi connectivity index (χ0v) is 13.1. The van der Waals surface area contributed by atoms with Crippen molar-refractivity contribution < 1.29 is 4.79 Å². The maximum absolute atomic E-state index is 12.3. The zero-order valence-electron chi connectivity index (χ0n) is 8.58. The van der Waals surface area contributed by atoms with Crippen LogP contribution in [0.25, 0.3) is 0 Å². The molecule has 0 saturated carbocycles. The lowest BCUT2D eigenvalue weighted by atomic mass is 10.0. The fraction of sp³-hybridized carbons (Fsp3) is 0.